The molecule has 1 amide bonds. The molecule has 31 heavy (non-hydrogen) atoms. The number of hydrogen-bond donors (Lipinski definition) is 0. The zero-order valence-corrected chi connectivity index (χ0v) is 19.2. The molecule has 6 nitrogen and oxygen atoms in total. The van der Waals surface area contributed by atoms with Crippen molar-refractivity contribution >= 4 is 33.3 Å². The maximum absolute atomic E-state index is 12.9. The Balaban J connectivity index is 1.37. The average Bonchev–Trinajstić information content (AvgIpc) is 3.15. The van der Waals surface area contributed by atoms with Crippen molar-refractivity contribution in [1.82, 2.24) is 14.9 Å². The average molecular weight is 437 g/mol. The van der Waals surface area contributed by atoms with Crippen LogP contribution >= 0.6 is 11.3 Å². The van der Waals surface area contributed by atoms with Gasteiger partial charge < -0.3 is 14.5 Å². The molecule has 1 atom stereocenters. The van der Waals surface area contributed by atoms with Crippen LogP contribution in [0.1, 0.15) is 40.0 Å². The molecule has 3 heterocycles. The number of piperazine rings is 1. The minimum Gasteiger partial charge on any atom is -0.497 e. The molecule has 0 saturated carbocycles. The first-order valence-corrected chi connectivity index (χ1v) is 11.8. The number of amides is 1. The molecule has 5 rings (SSSR count). The standard InChI is InChI=1S/C24H28N4O2S/c1-15-4-9-19-20(14-15)31-23-21(19)22(25-16(2)26-23)27-10-12-28(13-11-27)24(29)17-5-7-18(30-3)8-6-17/h5-8,15H,4,9-14H2,1-3H3/t15-/m0/s1. The summed E-state index contributed by atoms with van der Waals surface area (Å²) in [5.74, 6) is 3.47. The Hall–Kier alpha value is -2.67. The van der Waals surface area contributed by atoms with Crippen LogP contribution in [0.4, 0.5) is 5.82 Å². The normalized spacial score (nSPS) is 18.9. The number of rotatable bonds is 3. The van der Waals surface area contributed by atoms with Crippen LogP contribution in [0, 0.1) is 12.8 Å². The largest absolute Gasteiger partial charge is 0.497 e. The van der Waals surface area contributed by atoms with Gasteiger partial charge in [0.2, 0.25) is 0 Å². The van der Waals surface area contributed by atoms with Gasteiger partial charge in [0.05, 0.1) is 12.5 Å². The summed E-state index contributed by atoms with van der Waals surface area (Å²) in [6.07, 6.45) is 3.50. The minimum absolute atomic E-state index is 0.0771. The summed E-state index contributed by atoms with van der Waals surface area (Å²) in [5, 5.41) is 1.26. The van der Waals surface area contributed by atoms with Gasteiger partial charge in [0, 0.05) is 36.6 Å². The second kappa shape index (κ2) is 8.11. The van der Waals surface area contributed by atoms with Crippen molar-refractivity contribution in [3.8, 4) is 5.75 Å². The highest BCUT2D eigenvalue weighted by Crippen LogP contribution is 2.41. The summed E-state index contributed by atoms with van der Waals surface area (Å²) < 4.78 is 5.20. The van der Waals surface area contributed by atoms with E-state index in [1.54, 1.807) is 7.11 Å². The molecule has 1 saturated heterocycles. The molecule has 0 spiro atoms. The fourth-order valence-corrected chi connectivity index (χ4v) is 6.12. The number of fused-ring (bicyclic) bond motifs is 3. The predicted octanol–water partition coefficient (Wildman–Crippen LogP) is 4.10. The lowest BCUT2D eigenvalue weighted by Crippen LogP contribution is -2.49. The van der Waals surface area contributed by atoms with Gasteiger partial charge >= 0.3 is 0 Å². The lowest BCUT2D eigenvalue weighted by atomic mass is 9.89. The van der Waals surface area contributed by atoms with Gasteiger partial charge in [-0.05, 0) is 61.9 Å². The number of aromatic nitrogens is 2. The topological polar surface area (TPSA) is 58.6 Å². The number of ether oxygens (including phenoxy) is 1. The minimum atomic E-state index is 0.0771. The Morgan fingerprint density at radius 3 is 2.58 bits per heavy atom. The Labute approximate surface area is 186 Å². The highest BCUT2D eigenvalue weighted by atomic mass is 32.1. The van der Waals surface area contributed by atoms with Gasteiger partial charge in [0.15, 0.2) is 0 Å². The van der Waals surface area contributed by atoms with Crippen molar-refractivity contribution in [3.05, 3.63) is 46.1 Å². The summed E-state index contributed by atoms with van der Waals surface area (Å²) in [5.41, 5.74) is 2.17. The van der Waals surface area contributed by atoms with E-state index in [0.717, 1.165) is 54.1 Å². The first-order valence-electron chi connectivity index (χ1n) is 11.0. The fraction of sp³-hybridized carbons (Fsp3) is 0.458. The van der Waals surface area contributed by atoms with Crippen molar-refractivity contribution in [2.24, 2.45) is 5.92 Å². The van der Waals surface area contributed by atoms with E-state index in [1.807, 2.05) is 47.4 Å². The van der Waals surface area contributed by atoms with E-state index in [-0.39, 0.29) is 5.91 Å². The number of nitrogens with zero attached hydrogens (tertiary/aromatic N) is 4. The number of aryl methyl sites for hydroxylation is 2. The van der Waals surface area contributed by atoms with Gasteiger partial charge in [0.25, 0.3) is 5.91 Å². The lowest BCUT2D eigenvalue weighted by molar-refractivity contribution is 0.0746. The van der Waals surface area contributed by atoms with Gasteiger partial charge in [-0.2, -0.15) is 0 Å². The molecule has 0 bridgehead atoms. The first kappa shape index (κ1) is 20.2. The maximum Gasteiger partial charge on any atom is 0.253 e. The molecule has 0 radical (unpaired) electrons. The molecular formula is C24H28N4O2S. The Morgan fingerprint density at radius 2 is 1.87 bits per heavy atom. The third kappa shape index (κ3) is 3.76. The zero-order valence-electron chi connectivity index (χ0n) is 18.4. The van der Waals surface area contributed by atoms with Crippen LogP contribution in [0.15, 0.2) is 24.3 Å². The number of carbonyl (C=O) groups excluding carboxylic acids is 1. The summed E-state index contributed by atoms with van der Waals surface area (Å²) in [4.78, 5) is 29.5. The number of anilines is 1. The van der Waals surface area contributed by atoms with Crippen molar-refractivity contribution < 1.29 is 9.53 Å². The van der Waals surface area contributed by atoms with Crippen LogP contribution in [0.2, 0.25) is 0 Å². The molecule has 1 aliphatic carbocycles. The van der Waals surface area contributed by atoms with Gasteiger partial charge in [0.1, 0.15) is 22.2 Å². The fourth-order valence-electron chi connectivity index (χ4n) is 4.69. The van der Waals surface area contributed by atoms with E-state index < -0.39 is 0 Å². The molecule has 3 aromatic rings. The van der Waals surface area contributed by atoms with Crippen molar-refractivity contribution in [2.75, 3.05) is 38.2 Å². The molecule has 0 unspecified atom stereocenters. The summed E-state index contributed by atoms with van der Waals surface area (Å²) in [6, 6.07) is 7.35. The second-order valence-corrected chi connectivity index (χ2v) is 9.72. The zero-order chi connectivity index (χ0) is 21.5. The van der Waals surface area contributed by atoms with Crippen LogP contribution in [-0.4, -0.2) is 54.1 Å². The molecule has 162 valence electrons. The van der Waals surface area contributed by atoms with Crippen molar-refractivity contribution in [2.45, 2.75) is 33.1 Å². The monoisotopic (exact) mass is 436 g/mol. The Morgan fingerprint density at radius 1 is 1.13 bits per heavy atom. The van der Waals surface area contributed by atoms with Crippen molar-refractivity contribution in [3.63, 3.8) is 0 Å². The molecule has 2 aromatic heterocycles. The van der Waals surface area contributed by atoms with Crippen LogP contribution in [-0.2, 0) is 12.8 Å². The van der Waals surface area contributed by atoms with E-state index in [4.69, 9.17) is 14.7 Å². The number of thiophene rings is 1. The van der Waals surface area contributed by atoms with E-state index in [2.05, 4.69) is 11.8 Å². The third-order valence-electron chi connectivity index (χ3n) is 6.45. The number of hydrogen-bond acceptors (Lipinski definition) is 6. The molecule has 2 aliphatic rings. The lowest BCUT2D eigenvalue weighted by Gasteiger charge is -2.36. The molecule has 7 heteroatoms. The Bertz CT molecular complexity index is 1120. The van der Waals surface area contributed by atoms with Gasteiger partial charge in [-0.25, -0.2) is 9.97 Å². The summed E-state index contributed by atoms with van der Waals surface area (Å²) >= 11 is 1.85. The second-order valence-electron chi connectivity index (χ2n) is 8.63. The highest BCUT2D eigenvalue weighted by Gasteiger charge is 2.28. The molecular weight excluding hydrogens is 408 g/mol. The number of methoxy groups -OCH3 is 1. The number of benzene rings is 1. The summed E-state index contributed by atoms with van der Waals surface area (Å²) in [7, 11) is 1.63. The molecule has 1 fully saturated rings. The third-order valence-corrected chi connectivity index (χ3v) is 7.60. The Kier molecular flexibility index (Phi) is 5.30. The van der Waals surface area contributed by atoms with E-state index in [0.29, 0.717) is 18.7 Å². The molecule has 1 aromatic carbocycles. The summed E-state index contributed by atoms with van der Waals surface area (Å²) in [6.45, 7) is 7.28. The van der Waals surface area contributed by atoms with Crippen molar-refractivity contribution in [1.29, 1.82) is 0 Å². The van der Waals surface area contributed by atoms with E-state index in [9.17, 15) is 4.79 Å². The van der Waals surface area contributed by atoms with Crippen LogP contribution in [0.5, 0.6) is 5.75 Å². The van der Waals surface area contributed by atoms with Crippen LogP contribution < -0.4 is 9.64 Å². The SMILES string of the molecule is COc1ccc(C(=O)N2CCN(c3nc(C)nc4sc5c(c34)CC[C@H](C)C5)CC2)cc1. The van der Waals surface area contributed by atoms with Gasteiger partial charge in [-0.3, -0.25) is 4.79 Å². The quantitative estimate of drug-likeness (QED) is 0.619. The molecule has 0 N–H and O–H groups in total. The van der Waals surface area contributed by atoms with E-state index >= 15 is 0 Å². The first-order chi connectivity index (χ1) is 15.0. The van der Waals surface area contributed by atoms with Crippen LogP contribution in [0.3, 0.4) is 0 Å². The smallest absolute Gasteiger partial charge is 0.253 e. The van der Waals surface area contributed by atoms with Gasteiger partial charge in [-0.15, -0.1) is 11.3 Å². The van der Waals surface area contributed by atoms with E-state index in [1.165, 1.54) is 22.2 Å². The van der Waals surface area contributed by atoms with Crippen LogP contribution in [0.25, 0.3) is 10.2 Å². The molecule has 1 aliphatic heterocycles. The number of carbonyl (C=O) groups is 1. The highest BCUT2D eigenvalue weighted by molar-refractivity contribution is 7.19. The predicted molar refractivity (Wildman–Crippen MR) is 124 cm³/mol. The maximum atomic E-state index is 12.9. The van der Waals surface area contributed by atoms with Gasteiger partial charge in [-0.1, -0.05) is 6.92 Å².